The Morgan fingerprint density at radius 3 is 1.60 bits per heavy atom. The zero-order chi connectivity index (χ0) is 9.23. The van der Waals surface area contributed by atoms with Crippen LogP contribution in [0.5, 0.6) is 0 Å². The lowest BCUT2D eigenvalue weighted by Crippen LogP contribution is -1.63. The van der Waals surface area contributed by atoms with Gasteiger partial charge in [-0.1, -0.05) is 84.5 Å². The molecule has 0 aliphatic carbocycles. The van der Waals surface area contributed by atoms with Gasteiger partial charge in [0.05, 0.1) is 0 Å². The number of hydrogen-bond donors (Lipinski definition) is 1. The monoisotopic (exact) mass is 211 g/mol. The molecule has 0 fully saturated rings. The smallest absolute Gasteiger partial charge is 0.0263 e. The van der Waals surface area contributed by atoms with E-state index in [4.69, 9.17) is 0 Å². The summed E-state index contributed by atoms with van der Waals surface area (Å²) in [4.78, 5) is 0. The van der Waals surface area contributed by atoms with Crippen molar-refractivity contribution in [1.82, 2.24) is 6.15 Å². The predicted molar refractivity (Wildman–Crippen MR) is 75.6 cm³/mol. The van der Waals surface area contributed by atoms with E-state index in [1.54, 1.807) is 0 Å². The van der Waals surface area contributed by atoms with Gasteiger partial charge in [-0.2, -0.15) is 0 Å². The van der Waals surface area contributed by atoms with Crippen LogP contribution in [0.3, 0.4) is 0 Å². The van der Waals surface area contributed by atoms with Crippen molar-refractivity contribution in [3.8, 4) is 0 Å². The first-order valence-corrected chi connectivity index (χ1v) is 4.52. The largest absolute Gasteiger partial charge is 0.344 e. The summed E-state index contributed by atoms with van der Waals surface area (Å²) in [5.41, 5.74) is 1.17. The molecule has 0 saturated heterocycles. The van der Waals surface area contributed by atoms with Crippen molar-refractivity contribution < 1.29 is 0 Å². The van der Waals surface area contributed by atoms with Crippen LogP contribution in [0.1, 0.15) is 47.1 Å². The van der Waals surface area contributed by atoms with Crippen LogP contribution in [-0.4, -0.2) is 0 Å². The third-order valence-electron chi connectivity index (χ3n) is 1.54. The number of hydrogen-bond acceptors (Lipinski definition) is 1. The van der Waals surface area contributed by atoms with Gasteiger partial charge < -0.3 is 6.15 Å². The molecule has 0 heterocycles. The second kappa shape index (κ2) is 18.7. The van der Waals surface area contributed by atoms with Crippen LogP contribution in [-0.2, 0) is 0 Å². The standard InChI is InChI=1S/C8H8.C4H10.2CH4.H3N/c1-2-8-6-4-3-5-7-8;1-3-4-2;;;/h2-7H,1H2;3-4H2,1-2H3;2*1H4;1H3. The molecule has 90 valence electrons. The minimum atomic E-state index is 0. The maximum Gasteiger partial charge on any atom is -0.0263 e. The van der Waals surface area contributed by atoms with Crippen molar-refractivity contribution in [1.29, 1.82) is 0 Å². The molecule has 3 N–H and O–H groups in total. The SMILES string of the molecule is C.C.C=Cc1ccccc1.CCCC.N. The molecule has 0 radical (unpaired) electrons. The van der Waals surface area contributed by atoms with Crippen LogP contribution in [0.2, 0.25) is 0 Å². The van der Waals surface area contributed by atoms with E-state index in [9.17, 15) is 0 Å². The van der Waals surface area contributed by atoms with Gasteiger partial charge in [0, 0.05) is 0 Å². The lowest BCUT2D eigenvalue weighted by molar-refractivity contribution is 0.886. The Morgan fingerprint density at radius 2 is 1.40 bits per heavy atom. The van der Waals surface area contributed by atoms with Crippen molar-refractivity contribution in [2.75, 3.05) is 0 Å². The van der Waals surface area contributed by atoms with E-state index in [2.05, 4.69) is 20.4 Å². The van der Waals surface area contributed by atoms with Gasteiger partial charge in [-0.3, -0.25) is 0 Å². The van der Waals surface area contributed by atoms with E-state index in [1.807, 2.05) is 36.4 Å². The summed E-state index contributed by atoms with van der Waals surface area (Å²) in [6.45, 7) is 7.99. The normalized spacial score (nSPS) is 6.53. The molecule has 1 heteroatoms. The molecule has 0 atom stereocenters. The Hall–Kier alpha value is -1.08. The molecule has 0 saturated carbocycles. The van der Waals surface area contributed by atoms with Crippen molar-refractivity contribution >= 4 is 6.08 Å². The highest BCUT2D eigenvalue weighted by atomic mass is 14.0. The fourth-order valence-electron chi connectivity index (χ4n) is 0.589. The van der Waals surface area contributed by atoms with Crippen molar-refractivity contribution in [2.45, 2.75) is 41.5 Å². The molecule has 1 aromatic carbocycles. The molecule has 0 amide bonds. The van der Waals surface area contributed by atoms with E-state index in [0.29, 0.717) is 0 Å². The Morgan fingerprint density at radius 1 is 1.00 bits per heavy atom. The van der Waals surface area contributed by atoms with Crippen LogP contribution in [0.15, 0.2) is 36.9 Å². The van der Waals surface area contributed by atoms with Gasteiger partial charge in [-0.25, -0.2) is 0 Å². The molecule has 15 heavy (non-hydrogen) atoms. The maximum atomic E-state index is 3.63. The minimum absolute atomic E-state index is 0. The van der Waals surface area contributed by atoms with Crippen LogP contribution < -0.4 is 6.15 Å². The van der Waals surface area contributed by atoms with E-state index < -0.39 is 0 Å². The van der Waals surface area contributed by atoms with Gasteiger partial charge in [-0.05, 0) is 5.56 Å². The first kappa shape index (κ1) is 23.6. The zero-order valence-corrected chi connectivity index (χ0v) is 8.79. The average Bonchev–Trinajstić information content (AvgIpc) is 2.19. The maximum absolute atomic E-state index is 3.63. The van der Waals surface area contributed by atoms with Crippen molar-refractivity contribution in [3.63, 3.8) is 0 Å². The second-order valence-corrected chi connectivity index (χ2v) is 2.61. The van der Waals surface area contributed by atoms with Gasteiger partial charge in [0.2, 0.25) is 0 Å². The Labute approximate surface area is 96.8 Å². The Kier molecular flexibility index (Phi) is 29.4. The molecular weight excluding hydrogens is 182 g/mol. The van der Waals surface area contributed by atoms with Crippen LogP contribution in [0.4, 0.5) is 0 Å². The highest BCUT2D eigenvalue weighted by Gasteiger charge is 1.75. The minimum Gasteiger partial charge on any atom is -0.344 e. The number of rotatable bonds is 2. The third kappa shape index (κ3) is 15.7. The molecule has 0 aliphatic heterocycles. The van der Waals surface area contributed by atoms with Crippen LogP contribution >= 0.6 is 0 Å². The molecule has 0 aromatic heterocycles. The lowest BCUT2D eigenvalue weighted by Gasteiger charge is -1.85. The first-order chi connectivity index (χ1) is 5.85. The van der Waals surface area contributed by atoms with Crippen LogP contribution in [0.25, 0.3) is 6.08 Å². The summed E-state index contributed by atoms with van der Waals surface area (Å²) in [5.74, 6) is 0. The predicted octanol–water partition coefficient (Wildman–Crippen LogP) is 5.57. The molecule has 1 rings (SSSR count). The van der Waals surface area contributed by atoms with E-state index in [-0.39, 0.29) is 21.0 Å². The molecule has 1 aromatic rings. The van der Waals surface area contributed by atoms with Crippen molar-refractivity contribution in [3.05, 3.63) is 42.5 Å². The highest BCUT2D eigenvalue weighted by Crippen LogP contribution is 1.97. The van der Waals surface area contributed by atoms with Crippen molar-refractivity contribution in [2.24, 2.45) is 0 Å². The lowest BCUT2D eigenvalue weighted by atomic mass is 10.2. The first-order valence-electron chi connectivity index (χ1n) is 4.52. The molecule has 0 bridgehead atoms. The fraction of sp³-hybridized carbons (Fsp3) is 0.429. The number of benzene rings is 1. The van der Waals surface area contributed by atoms with Gasteiger partial charge in [-0.15, -0.1) is 0 Å². The molecule has 0 aliphatic rings. The summed E-state index contributed by atoms with van der Waals surface area (Å²) >= 11 is 0. The zero-order valence-electron chi connectivity index (χ0n) is 8.79. The van der Waals surface area contributed by atoms with E-state index in [0.717, 1.165) is 0 Å². The molecule has 1 nitrogen and oxygen atoms in total. The van der Waals surface area contributed by atoms with E-state index in [1.165, 1.54) is 18.4 Å². The van der Waals surface area contributed by atoms with Gasteiger partial charge in [0.25, 0.3) is 0 Å². The summed E-state index contributed by atoms with van der Waals surface area (Å²) in [6.07, 6.45) is 4.47. The summed E-state index contributed by atoms with van der Waals surface area (Å²) in [5, 5.41) is 0. The second-order valence-electron chi connectivity index (χ2n) is 2.61. The molecule has 0 spiro atoms. The summed E-state index contributed by atoms with van der Waals surface area (Å²) < 4.78 is 0. The van der Waals surface area contributed by atoms with Crippen LogP contribution in [0, 0.1) is 0 Å². The fourth-order valence-corrected chi connectivity index (χ4v) is 0.589. The van der Waals surface area contributed by atoms with Gasteiger partial charge in [0.15, 0.2) is 0 Å². The van der Waals surface area contributed by atoms with Gasteiger partial charge in [0.1, 0.15) is 0 Å². The summed E-state index contributed by atoms with van der Waals surface area (Å²) in [6, 6.07) is 10.0. The molecule has 0 unspecified atom stereocenters. The Balaban J connectivity index is -0.0000000779. The number of unbranched alkanes of at least 4 members (excludes halogenated alkanes) is 1. The van der Waals surface area contributed by atoms with E-state index >= 15 is 0 Å². The summed E-state index contributed by atoms with van der Waals surface area (Å²) in [7, 11) is 0. The quantitative estimate of drug-likeness (QED) is 0.682. The Bertz CT molecular complexity index is 190. The average molecular weight is 211 g/mol. The highest BCUT2D eigenvalue weighted by molar-refractivity contribution is 5.45. The topological polar surface area (TPSA) is 35.0 Å². The third-order valence-corrected chi connectivity index (χ3v) is 1.54. The van der Waals surface area contributed by atoms with Gasteiger partial charge >= 0.3 is 0 Å². The molecular formula is C14H29N.